The number of H-pyrrole nitrogens is 2. The van der Waals surface area contributed by atoms with Crippen LogP contribution >= 0.6 is 0 Å². The molecule has 6 rings (SSSR count). The van der Waals surface area contributed by atoms with E-state index in [9.17, 15) is 5.11 Å². The van der Waals surface area contributed by atoms with Gasteiger partial charge in [-0.25, -0.2) is 9.97 Å². The van der Waals surface area contributed by atoms with Gasteiger partial charge in [0.25, 0.3) is 0 Å². The van der Waals surface area contributed by atoms with Gasteiger partial charge in [-0.05, 0) is 30.3 Å². The Hall–Kier alpha value is -4.66. The first-order valence-electron chi connectivity index (χ1n) is 9.51. The smallest absolute Gasteiger partial charge is 0.161 e. The van der Waals surface area contributed by atoms with Gasteiger partial charge in [0, 0.05) is 29.7 Å². The van der Waals surface area contributed by atoms with Crippen LogP contribution in [-0.4, -0.2) is 45.2 Å². The van der Waals surface area contributed by atoms with E-state index in [-0.39, 0.29) is 5.75 Å². The third-order valence-corrected chi connectivity index (χ3v) is 4.99. The van der Waals surface area contributed by atoms with Crippen LogP contribution in [-0.2, 0) is 0 Å². The first-order valence-corrected chi connectivity index (χ1v) is 9.51. The Morgan fingerprint density at radius 1 is 0.806 bits per heavy atom. The van der Waals surface area contributed by atoms with Crippen LogP contribution in [0.1, 0.15) is 0 Å². The molecule has 148 valence electrons. The van der Waals surface area contributed by atoms with Gasteiger partial charge in [0.2, 0.25) is 0 Å². The van der Waals surface area contributed by atoms with Gasteiger partial charge in [-0.3, -0.25) is 20.1 Å². The van der Waals surface area contributed by atoms with Crippen LogP contribution in [0.4, 0.5) is 0 Å². The van der Waals surface area contributed by atoms with Crippen molar-refractivity contribution in [2.24, 2.45) is 0 Å². The molecule has 0 saturated heterocycles. The Bertz CT molecular complexity index is 1550. The molecule has 9 heteroatoms. The Morgan fingerprint density at radius 2 is 1.74 bits per heavy atom. The highest BCUT2D eigenvalue weighted by molar-refractivity contribution is 5.95. The summed E-state index contributed by atoms with van der Waals surface area (Å²) in [5.74, 6) is 0.656. The Labute approximate surface area is 174 Å². The molecule has 9 nitrogen and oxygen atoms in total. The number of aromatic nitrogens is 8. The van der Waals surface area contributed by atoms with Crippen LogP contribution in [0.25, 0.3) is 56.1 Å². The number of hydrogen-bond acceptors (Lipinski definition) is 7. The molecule has 0 fully saturated rings. The second kappa shape index (κ2) is 6.70. The second-order valence-corrected chi connectivity index (χ2v) is 6.98. The molecule has 0 aliphatic rings. The number of nitrogens with zero attached hydrogens (tertiary/aromatic N) is 6. The normalized spacial score (nSPS) is 11.4. The van der Waals surface area contributed by atoms with E-state index in [4.69, 9.17) is 9.97 Å². The maximum atomic E-state index is 9.75. The molecule has 0 unspecified atom stereocenters. The molecule has 0 aliphatic heterocycles. The number of aromatic amines is 2. The molecule has 6 heterocycles. The molecule has 0 bridgehead atoms. The molecule has 0 spiro atoms. The second-order valence-electron chi connectivity index (χ2n) is 6.98. The van der Waals surface area contributed by atoms with Crippen LogP contribution in [0.5, 0.6) is 5.75 Å². The SMILES string of the molecule is Oc1cncc(-c2ccc3[nH]nc(-c4nc5c(-c6ccccn6)cncc5[nH]4)c3n2)c1. The van der Waals surface area contributed by atoms with E-state index in [0.29, 0.717) is 28.3 Å². The molecular formula is C22H14N8O. The van der Waals surface area contributed by atoms with Crippen LogP contribution in [0.2, 0.25) is 0 Å². The maximum Gasteiger partial charge on any atom is 0.161 e. The van der Waals surface area contributed by atoms with E-state index in [2.05, 4.69) is 30.1 Å². The highest BCUT2D eigenvalue weighted by Gasteiger charge is 2.17. The highest BCUT2D eigenvalue weighted by atomic mass is 16.3. The lowest BCUT2D eigenvalue weighted by Crippen LogP contribution is -1.88. The zero-order chi connectivity index (χ0) is 20.8. The lowest BCUT2D eigenvalue weighted by Gasteiger charge is -2.01. The van der Waals surface area contributed by atoms with Crippen LogP contribution in [0.15, 0.2) is 67.4 Å². The van der Waals surface area contributed by atoms with Crippen LogP contribution < -0.4 is 0 Å². The van der Waals surface area contributed by atoms with Crippen molar-refractivity contribution in [2.75, 3.05) is 0 Å². The predicted molar refractivity (Wildman–Crippen MR) is 115 cm³/mol. The largest absolute Gasteiger partial charge is 0.506 e. The van der Waals surface area contributed by atoms with E-state index < -0.39 is 0 Å². The molecule has 0 saturated carbocycles. The van der Waals surface area contributed by atoms with E-state index in [1.807, 2.05) is 30.3 Å². The first kappa shape index (κ1) is 17.2. The zero-order valence-electron chi connectivity index (χ0n) is 16.0. The van der Waals surface area contributed by atoms with Crippen molar-refractivity contribution in [3.63, 3.8) is 0 Å². The van der Waals surface area contributed by atoms with Crippen molar-refractivity contribution in [1.29, 1.82) is 0 Å². The van der Waals surface area contributed by atoms with Gasteiger partial charge in [0.1, 0.15) is 16.8 Å². The fraction of sp³-hybridized carbons (Fsp3) is 0. The Balaban J connectivity index is 1.51. The topological polar surface area (TPSA) is 129 Å². The van der Waals surface area contributed by atoms with E-state index in [1.165, 1.54) is 6.20 Å². The molecule has 0 aromatic carbocycles. The van der Waals surface area contributed by atoms with Crippen LogP contribution in [0, 0.1) is 0 Å². The molecule has 0 aliphatic carbocycles. The lowest BCUT2D eigenvalue weighted by molar-refractivity contribution is 0.473. The van der Waals surface area contributed by atoms with Crippen LogP contribution in [0.3, 0.4) is 0 Å². The number of rotatable bonds is 3. The van der Waals surface area contributed by atoms with Crippen molar-refractivity contribution < 1.29 is 5.11 Å². The van der Waals surface area contributed by atoms with Crippen molar-refractivity contribution in [2.45, 2.75) is 0 Å². The minimum atomic E-state index is 0.0821. The summed E-state index contributed by atoms with van der Waals surface area (Å²) in [6, 6.07) is 11.1. The van der Waals surface area contributed by atoms with E-state index in [1.54, 1.807) is 30.9 Å². The summed E-state index contributed by atoms with van der Waals surface area (Å²) in [6.07, 6.45) is 8.25. The lowest BCUT2D eigenvalue weighted by atomic mass is 10.1. The van der Waals surface area contributed by atoms with Crippen molar-refractivity contribution >= 4 is 22.1 Å². The highest BCUT2D eigenvalue weighted by Crippen LogP contribution is 2.30. The van der Waals surface area contributed by atoms with Gasteiger partial charge in [-0.1, -0.05) is 6.07 Å². The maximum absolute atomic E-state index is 9.75. The quantitative estimate of drug-likeness (QED) is 0.408. The molecule has 31 heavy (non-hydrogen) atoms. The number of fused-ring (bicyclic) bond motifs is 2. The van der Waals surface area contributed by atoms with E-state index in [0.717, 1.165) is 27.8 Å². The third-order valence-electron chi connectivity index (χ3n) is 4.99. The molecular weight excluding hydrogens is 392 g/mol. The van der Waals surface area contributed by atoms with Gasteiger partial charge in [-0.15, -0.1) is 0 Å². The summed E-state index contributed by atoms with van der Waals surface area (Å²) in [5, 5.41) is 17.2. The van der Waals surface area contributed by atoms with Gasteiger partial charge in [-0.2, -0.15) is 5.10 Å². The van der Waals surface area contributed by atoms with E-state index >= 15 is 0 Å². The fourth-order valence-electron chi connectivity index (χ4n) is 3.55. The number of aromatic hydroxyl groups is 1. The average molecular weight is 406 g/mol. The Kier molecular flexibility index (Phi) is 3.72. The van der Waals surface area contributed by atoms with Gasteiger partial charge >= 0.3 is 0 Å². The van der Waals surface area contributed by atoms with Gasteiger partial charge in [0.05, 0.1) is 34.8 Å². The number of hydrogen-bond donors (Lipinski definition) is 3. The molecule has 0 radical (unpaired) electrons. The molecule has 0 amide bonds. The minimum Gasteiger partial charge on any atom is -0.506 e. The summed E-state index contributed by atoms with van der Waals surface area (Å²) in [7, 11) is 0. The zero-order valence-corrected chi connectivity index (χ0v) is 16.0. The Morgan fingerprint density at radius 3 is 2.61 bits per heavy atom. The summed E-state index contributed by atoms with van der Waals surface area (Å²) < 4.78 is 0. The minimum absolute atomic E-state index is 0.0821. The fourth-order valence-corrected chi connectivity index (χ4v) is 3.55. The van der Waals surface area contributed by atoms with Gasteiger partial charge in [0.15, 0.2) is 11.5 Å². The summed E-state index contributed by atoms with van der Waals surface area (Å²) in [4.78, 5) is 25.6. The molecule has 0 atom stereocenters. The summed E-state index contributed by atoms with van der Waals surface area (Å²) in [5.41, 5.74) is 6.57. The number of pyridine rings is 4. The van der Waals surface area contributed by atoms with Crippen molar-refractivity contribution in [3.05, 3.63) is 67.4 Å². The van der Waals surface area contributed by atoms with Crippen molar-refractivity contribution in [3.8, 4) is 39.8 Å². The van der Waals surface area contributed by atoms with Crippen molar-refractivity contribution in [1.82, 2.24) is 40.1 Å². The predicted octanol–water partition coefficient (Wildman–Crippen LogP) is 3.73. The monoisotopic (exact) mass is 406 g/mol. The average Bonchev–Trinajstić information content (AvgIpc) is 3.43. The first-order chi connectivity index (χ1) is 15.3. The summed E-state index contributed by atoms with van der Waals surface area (Å²) in [6.45, 7) is 0. The molecule has 6 aromatic heterocycles. The number of imidazole rings is 1. The molecule has 3 N–H and O–H groups in total. The third kappa shape index (κ3) is 2.87. The number of nitrogens with one attached hydrogen (secondary N) is 2. The summed E-state index contributed by atoms with van der Waals surface area (Å²) >= 11 is 0. The molecule has 6 aromatic rings. The standard InChI is InChI=1S/C22H14N8O/c31-13-7-12(8-23-9-13)15-4-5-17-20(26-15)21(30-29-17)22-27-18-11-24-10-14(19(18)28-22)16-3-1-2-6-25-16/h1-11,31H,(H,27,28)(H,29,30). The van der Waals surface area contributed by atoms with Gasteiger partial charge < -0.3 is 10.1 Å².